The van der Waals surface area contributed by atoms with Gasteiger partial charge in [0, 0.05) is 25.0 Å². The summed E-state index contributed by atoms with van der Waals surface area (Å²) in [7, 11) is 0. The topological polar surface area (TPSA) is 28.2 Å². The van der Waals surface area contributed by atoms with E-state index in [-0.39, 0.29) is 0 Å². The molecule has 0 spiro atoms. The Labute approximate surface area is 105 Å². The first kappa shape index (κ1) is 14.1. The highest BCUT2D eigenvalue weighted by Gasteiger charge is 2.03. The van der Waals surface area contributed by atoms with Gasteiger partial charge in [-0.3, -0.25) is 9.88 Å². The highest BCUT2D eigenvalue weighted by atomic mass is 15.1. The van der Waals surface area contributed by atoms with Crippen LogP contribution in [0.4, 0.5) is 0 Å². The maximum atomic E-state index is 4.04. The molecule has 0 amide bonds. The van der Waals surface area contributed by atoms with Crippen molar-refractivity contribution >= 4 is 0 Å². The molecule has 0 aliphatic heterocycles. The van der Waals surface area contributed by atoms with Crippen molar-refractivity contribution in [1.82, 2.24) is 15.2 Å². The normalized spacial score (nSPS) is 11.4. The maximum absolute atomic E-state index is 4.04. The highest BCUT2D eigenvalue weighted by Crippen LogP contribution is 2.03. The molecule has 0 unspecified atom stereocenters. The molecule has 3 heteroatoms. The SMILES string of the molecule is CCN(CCCNC(C)C)Cc1ccncc1. The molecule has 0 aliphatic carbocycles. The van der Waals surface area contributed by atoms with Crippen LogP contribution in [0.15, 0.2) is 24.5 Å². The fourth-order valence-electron chi connectivity index (χ4n) is 1.79. The molecule has 1 rings (SSSR count). The third-order valence-electron chi connectivity index (χ3n) is 2.81. The first-order chi connectivity index (χ1) is 8.22. The first-order valence-corrected chi connectivity index (χ1v) is 6.57. The third kappa shape index (κ3) is 6.39. The number of nitrogens with zero attached hydrogens (tertiary/aromatic N) is 2. The minimum Gasteiger partial charge on any atom is -0.314 e. The Kier molecular flexibility index (Phi) is 6.82. The second kappa shape index (κ2) is 8.20. The highest BCUT2D eigenvalue weighted by molar-refractivity contribution is 5.09. The van der Waals surface area contributed by atoms with Gasteiger partial charge in [-0.15, -0.1) is 0 Å². The molecule has 17 heavy (non-hydrogen) atoms. The van der Waals surface area contributed by atoms with Gasteiger partial charge in [-0.2, -0.15) is 0 Å². The van der Waals surface area contributed by atoms with Gasteiger partial charge in [-0.25, -0.2) is 0 Å². The molecule has 0 saturated carbocycles. The van der Waals surface area contributed by atoms with Crippen LogP contribution >= 0.6 is 0 Å². The molecular weight excluding hydrogens is 210 g/mol. The number of aromatic nitrogens is 1. The molecule has 0 saturated heterocycles. The quantitative estimate of drug-likeness (QED) is 0.701. The van der Waals surface area contributed by atoms with Gasteiger partial charge in [-0.05, 0) is 43.8 Å². The minimum absolute atomic E-state index is 0.588. The van der Waals surface area contributed by atoms with Crippen LogP contribution in [0.25, 0.3) is 0 Å². The van der Waals surface area contributed by atoms with E-state index >= 15 is 0 Å². The largest absolute Gasteiger partial charge is 0.314 e. The lowest BCUT2D eigenvalue weighted by molar-refractivity contribution is 0.274. The third-order valence-corrected chi connectivity index (χ3v) is 2.81. The summed E-state index contributed by atoms with van der Waals surface area (Å²) in [4.78, 5) is 6.51. The van der Waals surface area contributed by atoms with Crippen LogP contribution in [0.5, 0.6) is 0 Å². The van der Waals surface area contributed by atoms with E-state index in [4.69, 9.17) is 0 Å². The van der Waals surface area contributed by atoms with Crippen LogP contribution in [0.1, 0.15) is 32.8 Å². The van der Waals surface area contributed by atoms with Crippen molar-refractivity contribution in [3.63, 3.8) is 0 Å². The van der Waals surface area contributed by atoms with Gasteiger partial charge in [0.1, 0.15) is 0 Å². The molecule has 3 nitrogen and oxygen atoms in total. The van der Waals surface area contributed by atoms with Crippen molar-refractivity contribution in [3.8, 4) is 0 Å². The molecule has 0 atom stereocenters. The van der Waals surface area contributed by atoms with Crippen LogP contribution in [-0.4, -0.2) is 35.6 Å². The minimum atomic E-state index is 0.588. The van der Waals surface area contributed by atoms with Crippen LogP contribution < -0.4 is 5.32 Å². The van der Waals surface area contributed by atoms with Gasteiger partial charge in [-0.1, -0.05) is 20.8 Å². The number of hydrogen-bond donors (Lipinski definition) is 1. The molecule has 1 heterocycles. The van der Waals surface area contributed by atoms with Crippen LogP contribution in [0, 0.1) is 0 Å². The lowest BCUT2D eigenvalue weighted by atomic mass is 10.2. The van der Waals surface area contributed by atoms with Gasteiger partial charge < -0.3 is 5.32 Å². The average molecular weight is 235 g/mol. The summed E-state index contributed by atoms with van der Waals surface area (Å²) < 4.78 is 0. The molecule has 0 bridgehead atoms. The average Bonchev–Trinajstić information content (AvgIpc) is 2.34. The van der Waals surface area contributed by atoms with Gasteiger partial charge >= 0.3 is 0 Å². The lowest BCUT2D eigenvalue weighted by Crippen LogP contribution is -2.29. The monoisotopic (exact) mass is 235 g/mol. The van der Waals surface area contributed by atoms with Crippen molar-refractivity contribution in [2.75, 3.05) is 19.6 Å². The molecule has 1 aromatic heterocycles. The standard InChI is InChI=1S/C14H25N3/c1-4-17(11-5-8-16-13(2)3)12-14-6-9-15-10-7-14/h6-7,9-10,13,16H,4-5,8,11-12H2,1-3H3. The Morgan fingerprint density at radius 1 is 1.29 bits per heavy atom. The Balaban J connectivity index is 2.24. The molecule has 0 radical (unpaired) electrons. The summed E-state index contributed by atoms with van der Waals surface area (Å²) in [5, 5.41) is 3.45. The van der Waals surface area contributed by atoms with Crippen LogP contribution in [0.2, 0.25) is 0 Å². The van der Waals surface area contributed by atoms with Crippen LogP contribution in [-0.2, 0) is 6.54 Å². The van der Waals surface area contributed by atoms with E-state index in [2.05, 4.69) is 48.1 Å². The number of hydrogen-bond acceptors (Lipinski definition) is 3. The van der Waals surface area contributed by atoms with Crippen molar-refractivity contribution in [2.24, 2.45) is 0 Å². The predicted molar refractivity (Wildman–Crippen MR) is 72.9 cm³/mol. The van der Waals surface area contributed by atoms with E-state index in [1.165, 1.54) is 12.0 Å². The van der Waals surface area contributed by atoms with Gasteiger partial charge in [0.15, 0.2) is 0 Å². The van der Waals surface area contributed by atoms with Crippen LogP contribution in [0.3, 0.4) is 0 Å². The summed E-state index contributed by atoms with van der Waals surface area (Å²) >= 11 is 0. The van der Waals surface area contributed by atoms with E-state index in [0.29, 0.717) is 6.04 Å². The van der Waals surface area contributed by atoms with Gasteiger partial charge in [0.05, 0.1) is 0 Å². The van der Waals surface area contributed by atoms with E-state index in [9.17, 15) is 0 Å². The second-order valence-corrected chi connectivity index (χ2v) is 4.69. The molecule has 96 valence electrons. The Hall–Kier alpha value is -0.930. The number of pyridine rings is 1. The number of rotatable bonds is 8. The van der Waals surface area contributed by atoms with Crippen molar-refractivity contribution in [3.05, 3.63) is 30.1 Å². The summed E-state index contributed by atoms with van der Waals surface area (Å²) in [5.74, 6) is 0. The van der Waals surface area contributed by atoms with Crippen molar-refractivity contribution in [2.45, 2.75) is 39.8 Å². The van der Waals surface area contributed by atoms with Gasteiger partial charge in [0.25, 0.3) is 0 Å². The van der Waals surface area contributed by atoms with E-state index in [1.54, 1.807) is 0 Å². The zero-order valence-corrected chi connectivity index (χ0v) is 11.3. The number of nitrogens with one attached hydrogen (secondary N) is 1. The van der Waals surface area contributed by atoms with E-state index < -0.39 is 0 Å². The van der Waals surface area contributed by atoms with Gasteiger partial charge in [0.2, 0.25) is 0 Å². The smallest absolute Gasteiger partial charge is 0.0271 e. The summed E-state index contributed by atoms with van der Waals surface area (Å²) in [6.07, 6.45) is 4.93. The van der Waals surface area contributed by atoms with Crippen molar-refractivity contribution in [1.29, 1.82) is 0 Å². The Morgan fingerprint density at radius 3 is 2.59 bits per heavy atom. The Morgan fingerprint density at radius 2 is 2.00 bits per heavy atom. The zero-order valence-electron chi connectivity index (χ0n) is 11.3. The van der Waals surface area contributed by atoms with E-state index in [0.717, 1.165) is 26.2 Å². The van der Waals surface area contributed by atoms with Crippen molar-refractivity contribution < 1.29 is 0 Å². The fraction of sp³-hybridized carbons (Fsp3) is 0.643. The summed E-state index contributed by atoms with van der Waals surface area (Å²) in [6.45, 7) is 11.0. The van der Waals surface area contributed by atoms with E-state index in [1.807, 2.05) is 12.4 Å². The predicted octanol–water partition coefficient (Wildman–Crippen LogP) is 2.29. The molecule has 1 N–H and O–H groups in total. The maximum Gasteiger partial charge on any atom is 0.0271 e. The molecule has 0 aromatic carbocycles. The molecule has 0 aliphatic rings. The summed E-state index contributed by atoms with van der Waals surface area (Å²) in [6, 6.07) is 4.77. The fourth-order valence-corrected chi connectivity index (χ4v) is 1.79. The molecular formula is C14H25N3. The molecule has 1 aromatic rings. The Bertz CT molecular complexity index is 285. The summed E-state index contributed by atoms with van der Waals surface area (Å²) in [5.41, 5.74) is 1.35. The first-order valence-electron chi connectivity index (χ1n) is 6.57. The lowest BCUT2D eigenvalue weighted by Gasteiger charge is -2.20. The second-order valence-electron chi connectivity index (χ2n) is 4.69. The zero-order chi connectivity index (χ0) is 12.5. The molecule has 0 fully saturated rings.